The number of carbonyl (C=O) groups excluding carboxylic acids is 1. The number of aliphatic hydroxyl groups excluding tert-OH is 1. The summed E-state index contributed by atoms with van der Waals surface area (Å²) in [5.74, 6) is -0.287. The summed E-state index contributed by atoms with van der Waals surface area (Å²) in [6.07, 6.45) is 5.14. The number of piperidine rings is 1. The Balaban J connectivity index is 1.74. The number of rotatable bonds is 8. The summed E-state index contributed by atoms with van der Waals surface area (Å²) in [6.45, 7) is 6.82. The van der Waals surface area contributed by atoms with Crippen LogP contribution in [0.4, 0.5) is 4.39 Å². The van der Waals surface area contributed by atoms with Crippen molar-refractivity contribution in [1.29, 1.82) is 0 Å². The predicted octanol–water partition coefficient (Wildman–Crippen LogP) is 2.48. The second kappa shape index (κ2) is 8.94. The number of carbonyl (C=O) groups is 1. The maximum absolute atomic E-state index is 12.8. The molecule has 1 atom stereocenters. The minimum absolute atomic E-state index is 0.0109. The van der Waals surface area contributed by atoms with Crippen LogP contribution in [0.5, 0.6) is 0 Å². The Morgan fingerprint density at radius 1 is 1.42 bits per heavy atom. The second-order valence-electron chi connectivity index (χ2n) is 6.68. The second-order valence-corrected chi connectivity index (χ2v) is 6.68. The quantitative estimate of drug-likeness (QED) is 0.718. The van der Waals surface area contributed by atoms with Gasteiger partial charge in [-0.1, -0.05) is 18.2 Å². The third-order valence-electron chi connectivity index (χ3n) is 4.71. The highest BCUT2D eigenvalue weighted by atomic mass is 19.1. The van der Waals surface area contributed by atoms with Crippen molar-refractivity contribution in [2.75, 3.05) is 26.2 Å². The molecule has 0 aromatic heterocycles. The minimum Gasteiger partial charge on any atom is -0.396 e. The van der Waals surface area contributed by atoms with Gasteiger partial charge in [0.2, 0.25) is 5.91 Å². The molecule has 24 heavy (non-hydrogen) atoms. The molecule has 1 heterocycles. The van der Waals surface area contributed by atoms with E-state index in [0.29, 0.717) is 19.5 Å². The molecule has 1 aromatic carbocycles. The van der Waals surface area contributed by atoms with Gasteiger partial charge in [-0.2, -0.15) is 0 Å². The summed E-state index contributed by atoms with van der Waals surface area (Å²) in [5, 5.41) is 12.6. The molecular formula is C19H27FN2O2. The van der Waals surface area contributed by atoms with Crippen molar-refractivity contribution in [3.8, 4) is 0 Å². The van der Waals surface area contributed by atoms with Gasteiger partial charge in [0, 0.05) is 31.5 Å². The van der Waals surface area contributed by atoms with Gasteiger partial charge in [0.05, 0.1) is 6.61 Å². The summed E-state index contributed by atoms with van der Waals surface area (Å²) in [6, 6.07) is 6.13. The fraction of sp³-hybridized carbons (Fsp3) is 0.526. The summed E-state index contributed by atoms with van der Waals surface area (Å²) in [4.78, 5) is 14.3. The Hall–Kier alpha value is -1.72. The Morgan fingerprint density at radius 3 is 2.83 bits per heavy atom. The van der Waals surface area contributed by atoms with Gasteiger partial charge in [-0.25, -0.2) is 4.39 Å². The van der Waals surface area contributed by atoms with E-state index in [1.165, 1.54) is 12.1 Å². The van der Waals surface area contributed by atoms with Gasteiger partial charge in [-0.15, -0.1) is 6.58 Å². The van der Waals surface area contributed by atoms with E-state index in [9.17, 15) is 14.3 Å². The zero-order valence-electron chi connectivity index (χ0n) is 14.1. The molecule has 0 radical (unpaired) electrons. The number of benzene rings is 1. The van der Waals surface area contributed by atoms with Gasteiger partial charge >= 0.3 is 0 Å². The zero-order valence-corrected chi connectivity index (χ0v) is 14.1. The lowest BCUT2D eigenvalue weighted by Gasteiger charge is -2.41. The van der Waals surface area contributed by atoms with Crippen molar-refractivity contribution in [2.24, 2.45) is 5.41 Å². The van der Waals surface area contributed by atoms with Crippen LogP contribution in [-0.2, 0) is 11.3 Å². The fourth-order valence-corrected chi connectivity index (χ4v) is 3.32. The van der Waals surface area contributed by atoms with E-state index in [0.717, 1.165) is 37.9 Å². The van der Waals surface area contributed by atoms with Gasteiger partial charge in [-0.3, -0.25) is 4.79 Å². The average molecular weight is 334 g/mol. The van der Waals surface area contributed by atoms with Crippen LogP contribution in [-0.4, -0.2) is 42.2 Å². The van der Waals surface area contributed by atoms with Crippen molar-refractivity contribution < 1.29 is 14.3 Å². The molecule has 0 bridgehead atoms. The first-order valence-corrected chi connectivity index (χ1v) is 8.52. The molecular weight excluding hydrogens is 307 g/mol. The third kappa shape index (κ3) is 5.42. The first-order valence-electron chi connectivity index (χ1n) is 8.52. The van der Waals surface area contributed by atoms with Crippen LogP contribution in [0.1, 0.15) is 31.2 Å². The highest BCUT2D eigenvalue weighted by Gasteiger charge is 2.33. The van der Waals surface area contributed by atoms with Crippen LogP contribution in [0.2, 0.25) is 0 Å². The maximum atomic E-state index is 12.8. The molecule has 1 aliphatic heterocycles. The van der Waals surface area contributed by atoms with Gasteiger partial charge < -0.3 is 15.3 Å². The van der Waals surface area contributed by atoms with Crippen molar-refractivity contribution in [1.82, 2.24) is 10.2 Å². The van der Waals surface area contributed by atoms with Crippen molar-refractivity contribution in [3.63, 3.8) is 0 Å². The third-order valence-corrected chi connectivity index (χ3v) is 4.71. The summed E-state index contributed by atoms with van der Waals surface area (Å²) < 4.78 is 12.8. The molecule has 2 N–H and O–H groups in total. The molecule has 0 spiro atoms. The lowest BCUT2D eigenvalue weighted by Crippen LogP contribution is -2.46. The van der Waals surface area contributed by atoms with E-state index in [-0.39, 0.29) is 23.7 Å². The molecule has 1 saturated heterocycles. The molecule has 1 fully saturated rings. The highest BCUT2D eigenvalue weighted by Crippen LogP contribution is 2.33. The van der Waals surface area contributed by atoms with E-state index >= 15 is 0 Å². The lowest BCUT2D eigenvalue weighted by molar-refractivity contribution is -0.121. The molecule has 5 heteroatoms. The lowest BCUT2D eigenvalue weighted by atomic mass is 9.78. The largest absolute Gasteiger partial charge is 0.396 e. The molecule has 1 aliphatic rings. The van der Waals surface area contributed by atoms with Crippen molar-refractivity contribution in [3.05, 3.63) is 48.3 Å². The number of nitrogens with one attached hydrogen (secondary N) is 1. The first kappa shape index (κ1) is 18.6. The monoisotopic (exact) mass is 334 g/mol. The number of hydrogen-bond acceptors (Lipinski definition) is 3. The smallest absolute Gasteiger partial charge is 0.221 e. The van der Waals surface area contributed by atoms with E-state index in [1.54, 1.807) is 12.1 Å². The molecule has 0 unspecified atom stereocenters. The van der Waals surface area contributed by atoms with E-state index in [4.69, 9.17) is 0 Å². The topological polar surface area (TPSA) is 52.6 Å². The molecule has 1 aromatic rings. The van der Waals surface area contributed by atoms with Gasteiger partial charge in [-0.05, 0) is 43.5 Å². The predicted molar refractivity (Wildman–Crippen MR) is 92.9 cm³/mol. The minimum atomic E-state index is -0.276. The zero-order chi connectivity index (χ0) is 17.4. The van der Waals surface area contributed by atoms with E-state index in [1.807, 2.05) is 6.08 Å². The summed E-state index contributed by atoms with van der Waals surface area (Å²) in [5.41, 5.74) is 0.776. The number of hydrogen-bond donors (Lipinski definition) is 2. The molecule has 1 amide bonds. The summed E-state index contributed by atoms with van der Waals surface area (Å²) >= 11 is 0. The molecule has 0 saturated carbocycles. The molecule has 0 aliphatic carbocycles. The number of amides is 1. The molecule has 4 nitrogen and oxygen atoms in total. The normalized spacial score (nSPS) is 21.4. The highest BCUT2D eigenvalue weighted by molar-refractivity contribution is 5.76. The SMILES string of the molecule is C=CC[C@]1(CO)CCCN(CCC(=O)NCc2ccc(F)cc2)C1. The number of likely N-dealkylation sites (tertiary alicyclic amines) is 1. The van der Waals surface area contributed by atoms with E-state index < -0.39 is 0 Å². The fourth-order valence-electron chi connectivity index (χ4n) is 3.32. The molecule has 132 valence electrons. The van der Waals surface area contributed by atoms with Crippen LogP contribution < -0.4 is 5.32 Å². The van der Waals surface area contributed by atoms with Crippen LogP contribution in [0.3, 0.4) is 0 Å². The van der Waals surface area contributed by atoms with Gasteiger partial charge in [0.25, 0.3) is 0 Å². The Labute approximate surface area is 143 Å². The summed E-state index contributed by atoms with van der Waals surface area (Å²) in [7, 11) is 0. The number of aliphatic hydroxyl groups is 1. The Morgan fingerprint density at radius 2 is 2.17 bits per heavy atom. The van der Waals surface area contributed by atoms with Gasteiger partial charge in [0.15, 0.2) is 0 Å². The Kier molecular flexibility index (Phi) is 6.94. The van der Waals surface area contributed by atoms with Crippen molar-refractivity contribution >= 4 is 5.91 Å². The number of nitrogens with zero attached hydrogens (tertiary/aromatic N) is 1. The number of allylic oxidation sites excluding steroid dienone is 1. The number of halogens is 1. The average Bonchev–Trinajstić information content (AvgIpc) is 2.60. The maximum Gasteiger partial charge on any atom is 0.221 e. The Bertz CT molecular complexity index is 547. The van der Waals surface area contributed by atoms with Gasteiger partial charge in [0.1, 0.15) is 5.82 Å². The van der Waals surface area contributed by atoms with Crippen LogP contribution in [0.25, 0.3) is 0 Å². The van der Waals surface area contributed by atoms with Crippen molar-refractivity contribution in [2.45, 2.75) is 32.2 Å². The molecule has 2 rings (SSSR count). The van der Waals surface area contributed by atoms with Crippen LogP contribution in [0.15, 0.2) is 36.9 Å². The first-order chi connectivity index (χ1) is 11.6. The van der Waals surface area contributed by atoms with Crippen LogP contribution in [0, 0.1) is 11.2 Å². The standard InChI is InChI=1S/C19H27FN2O2/c1-2-9-19(15-23)10-3-11-22(14-19)12-8-18(24)21-13-16-4-6-17(20)7-5-16/h2,4-7,23H,1,3,8-15H2,(H,21,24)/t19-/m0/s1. The van der Waals surface area contributed by atoms with Crippen LogP contribution >= 0.6 is 0 Å². The van der Waals surface area contributed by atoms with E-state index in [2.05, 4.69) is 16.8 Å².